The lowest BCUT2D eigenvalue weighted by Crippen LogP contribution is -2.15. The van der Waals surface area contributed by atoms with Crippen LogP contribution in [0.3, 0.4) is 0 Å². The van der Waals surface area contributed by atoms with Crippen molar-refractivity contribution < 1.29 is 12.8 Å². The van der Waals surface area contributed by atoms with Crippen molar-refractivity contribution in [2.45, 2.75) is 4.90 Å². The van der Waals surface area contributed by atoms with Gasteiger partial charge >= 0.3 is 0 Å². The lowest BCUT2D eigenvalue weighted by molar-refractivity contribution is 0.600. The number of anilines is 1. The first-order chi connectivity index (χ1) is 9.85. The van der Waals surface area contributed by atoms with E-state index in [9.17, 15) is 12.8 Å². The van der Waals surface area contributed by atoms with Gasteiger partial charge in [-0.3, -0.25) is 4.72 Å². The van der Waals surface area contributed by atoms with Gasteiger partial charge in [-0.25, -0.2) is 17.8 Å². The summed E-state index contributed by atoms with van der Waals surface area (Å²) >= 11 is 8.85. The Balaban J connectivity index is 2.51. The molecule has 1 N–H and O–H groups in total. The van der Waals surface area contributed by atoms with Gasteiger partial charge in [0, 0.05) is 10.7 Å². The normalized spacial score (nSPS) is 11.0. The summed E-state index contributed by atoms with van der Waals surface area (Å²) < 4.78 is 40.5. The number of sulfonamides is 1. The molecule has 5 nitrogen and oxygen atoms in total. The molecule has 0 saturated carbocycles. The van der Waals surface area contributed by atoms with Gasteiger partial charge in [0.2, 0.25) is 0 Å². The summed E-state index contributed by atoms with van der Waals surface area (Å²) in [7, 11) is -4.11. The second-order valence-corrected chi connectivity index (χ2v) is 6.75. The molecule has 0 unspecified atom stereocenters. The average Bonchev–Trinajstić information content (AvgIpc) is 2.41. The quantitative estimate of drug-likeness (QED) is 0.815. The van der Waals surface area contributed by atoms with Gasteiger partial charge in [-0.15, -0.1) is 0 Å². The average molecular weight is 391 g/mol. The first-order valence-electron chi connectivity index (χ1n) is 5.37. The van der Waals surface area contributed by atoms with Crippen molar-refractivity contribution in [2.75, 3.05) is 4.72 Å². The Labute approximate surface area is 133 Å². The van der Waals surface area contributed by atoms with E-state index in [-0.39, 0.29) is 15.7 Å². The topological polar surface area (TPSA) is 82.9 Å². The van der Waals surface area contributed by atoms with Crippen LogP contribution in [0.4, 0.5) is 10.1 Å². The molecule has 0 aliphatic carbocycles. The highest BCUT2D eigenvalue weighted by molar-refractivity contribution is 9.10. The van der Waals surface area contributed by atoms with Crippen molar-refractivity contribution in [3.8, 4) is 6.07 Å². The SMILES string of the molecule is N#Cc1c(F)cccc1NS(=O)(=O)c1cc(Br)cnc1Cl. The van der Waals surface area contributed by atoms with E-state index in [1.807, 2.05) is 0 Å². The highest BCUT2D eigenvalue weighted by Gasteiger charge is 2.21. The van der Waals surface area contributed by atoms with Crippen LogP contribution in [0.15, 0.2) is 39.8 Å². The molecular formula is C12H6BrClFN3O2S. The zero-order chi connectivity index (χ0) is 15.6. The van der Waals surface area contributed by atoms with Crippen LogP contribution in [-0.4, -0.2) is 13.4 Å². The number of pyridine rings is 1. The van der Waals surface area contributed by atoms with Crippen molar-refractivity contribution in [1.29, 1.82) is 5.26 Å². The molecule has 0 radical (unpaired) electrons. The van der Waals surface area contributed by atoms with E-state index in [1.165, 1.54) is 24.4 Å². The highest BCUT2D eigenvalue weighted by Crippen LogP contribution is 2.26. The van der Waals surface area contributed by atoms with E-state index < -0.39 is 21.4 Å². The van der Waals surface area contributed by atoms with Gasteiger partial charge in [0.25, 0.3) is 10.0 Å². The molecular weight excluding hydrogens is 385 g/mol. The molecule has 9 heteroatoms. The maximum absolute atomic E-state index is 13.5. The van der Waals surface area contributed by atoms with Gasteiger partial charge in [-0.1, -0.05) is 17.7 Å². The monoisotopic (exact) mass is 389 g/mol. The first-order valence-corrected chi connectivity index (χ1v) is 8.03. The number of nitrogens with one attached hydrogen (secondary N) is 1. The molecule has 2 aromatic rings. The third kappa shape index (κ3) is 3.32. The molecule has 21 heavy (non-hydrogen) atoms. The Kier molecular flexibility index (Phi) is 4.46. The van der Waals surface area contributed by atoms with Gasteiger partial charge in [0.05, 0.1) is 5.69 Å². The van der Waals surface area contributed by atoms with Crippen LogP contribution in [0.5, 0.6) is 0 Å². The predicted octanol–water partition coefficient (Wildman–Crippen LogP) is 3.31. The van der Waals surface area contributed by atoms with Crippen LogP contribution in [0, 0.1) is 17.1 Å². The number of rotatable bonds is 3. The molecule has 0 spiro atoms. The van der Waals surface area contributed by atoms with E-state index in [0.29, 0.717) is 4.47 Å². The van der Waals surface area contributed by atoms with Crippen LogP contribution in [0.25, 0.3) is 0 Å². The van der Waals surface area contributed by atoms with Crippen LogP contribution in [0.2, 0.25) is 5.15 Å². The van der Waals surface area contributed by atoms with Crippen molar-refractivity contribution >= 4 is 43.2 Å². The maximum Gasteiger partial charge on any atom is 0.265 e. The maximum atomic E-state index is 13.5. The molecule has 0 aliphatic rings. The van der Waals surface area contributed by atoms with E-state index in [0.717, 1.165) is 6.07 Å². The van der Waals surface area contributed by atoms with Crippen molar-refractivity contribution in [1.82, 2.24) is 4.98 Å². The molecule has 0 saturated heterocycles. The minimum Gasteiger partial charge on any atom is -0.278 e. The van der Waals surface area contributed by atoms with Gasteiger partial charge in [-0.2, -0.15) is 5.26 Å². The van der Waals surface area contributed by atoms with Gasteiger partial charge < -0.3 is 0 Å². The summed E-state index contributed by atoms with van der Waals surface area (Å²) in [5.74, 6) is -0.823. The van der Waals surface area contributed by atoms with Crippen molar-refractivity contribution in [3.63, 3.8) is 0 Å². The summed E-state index contributed by atoms with van der Waals surface area (Å²) in [4.78, 5) is 3.42. The summed E-state index contributed by atoms with van der Waals surface area (Å²) in [6, 6.07) is 6.48. The largest absolute Gasteiger partial charge is 0.278 e. The molecule has 1 aromatic heterocycles. The summed E-state index contributed by atoms with van der Waals surface area (Å²) in [5.41, 5.74) is -0.575. The van der Waals surface area contributed by atoms with E-state index in [2.05, 4.69) is 25.6 Å². The molecule has 0 amide bonds. The highest BCUT2D eigenvalue weighted by atomic mass is 79.9. The second kappa shape index (κ2) is 5.97. The molecule has 2 rings (SSSR count). The molecule has 108 valence electrons. The zero-order valence-electron chi connectivity index (χ0n) is 10.1. The minimum atomic E-state index is -4.11. The molecule has 0 fully saturated rings. The molecule has 1 heterocycles. The number of aromatic nitrogens is 1. The number of nitrogens with zero attached hydrogens (tertiary/aromatic N) is 2. The van der Waals surface area contributed by atoms with Crippen LogP contribution in [-0.2, 0) is 10.0 Å². The Hall–Kier alpha value is -1.69. The molecule has 0 atom stereocenters. The summed E-state index contributed by atoms with van der Waals surface area (Å²) in [5, 5.41) is 8.66. The lowest BCUT2D eigenvalue weighted by atomic mass is 10.2. The lowest BCUT2D eigenvalue weighted by Gasteiger charge is -2.10. The smallest absolute Gasteiger partial charge is 0.265 e. The number of benzene rings is 1. The van der Waals surface area contributed by atoms with E-state index in [4.69, 9.17) is 16.9 Å². The molecule has 0 bridgehead atoms. The molecule has 0 aliphatic heterocycles. The Morgan fingerprint density at radius 2 is 2.14 bits per heavy atom. The number of hydrogen-bond donors (Lipinski definition) is 1. The van der Waals surface area contributed by atoms with Gasteiger partial charge in [-0.05, 0) is 34.1 Å². The van der Waals surface area contributed by atoms with Gasteiger partial charge in [0.1, 0.15) is 27.5 Å². The molecule has 1 aromatic carbocycles. The summed E-state index contributed by atoms with van der Waals surface area (Å²) in [6.45, 7) is 0. The Morgan fingerprint density at radius 1 is 1.43 bits per heavy atom. The zero-order valence-corrected chi connectivity index (χ0v) is 13.3. The first kappa shape index (κ1) is 15.7. The van der Waals surface area contributed by atoms with E-state index in [1.54, 1.807) is 6.07 Å². The third-order valence-corrected chi connectivity index (χ3v) is 4.66. The van der Waals surface area contributed by atoms with Crippen molar-refractivity contribution in [2.24, 2.45) is 0 Å². The second-order valence-electron chi connectivity index (χ2n) is 3.82. The number of halogens is 3. The fourth-order valence-corrected chi connectivity index (χ4v) is 3.53. The Bertz CT molecular complexity index is 852. The Morgan fingerprint density at radius 3 is 2.81 bits per heavy atom. The number of hydrogen-bond acceptors (Lipinski definition) is 4. The number of nitriles is 1. The van der Waals surface area contributed by atoms with Crippen LogP contribution >= 0.6 is 27.5 Å². The van der Waals surface area contributed by atoms with Crippen LogP contribution in [0.1, 0.15) is 5.56 Å². The standard InChI is InChI=1S/C12H6BrClFN3O2S/c13-7-4-11(12(14)17-6-7)21(19,20)18-10-3-1-2-9(15)8(10)5-16/h1-4,6,18H. The fourth-order valence-electron chi connectivity index (χ4n) is 1.52. The van der Waals surface area contributed by atoms with Crippen LogP contribution < -0.4 is 4.72 Å². The van der Waals surface area contributed by atoms with E-state index >= 15 is 0 Å². The van der Waals surface area contributed by atoms with Crippen molar-refractivity contribution in [3.05, 3.63) is 51.5 Å². The third-order valence-electron chi connectivity index (χ3n) is 2.43. The fraction of sp³-hybridized carbons (Fsp3) is 0. The summed E-state index contributed by atoms with van der Waals surface area (Å²) in [6.07, 6.45) is 1.34. The van der Waals surface area contributed by atoms with Gasteiger partial charge in [0.15, 0.2) is 0 Å². The minimum absolute atomic E-state index is 0.173. The predicted molar refractivity (Wildman–Crippen MR) is 78.9 cm³/mol.